The molecule has 0 bridgehead atoms. The quantitative estimate of drug-likeness (QED) is 0.109. The number of hydrogen-bond donors (Lipinski definition) is 0. The van der Waals surface area contributed by atoms with Crippen LogP contribution in [-0.2, 0) is 6.61 Å². The highest BCUT2D eigenvalue weighted by molar-refractivity contribution is 5.35. The summed E-state index contributed by atoms with van der Waals surface area (Å²) in [6, 6.07) is 95.5. The number of halogens is 1. The fraction of sp³-hybridized carbons (Fsp3) is 0.391. The van der Waals surface area contributed by atoms with E-state index in [2.05, 4.69) is 368 Å². The molecule has 0 aliphatic carbocycles. The summed E-state index contributed by atoms with van der Waals surface area (Å²) in [6.45, 7) is 57.0. The molecule has 11 rings (SSSR count). The molecular weight excluding hydrogens is 1390 g/mol. The minimum atomic E-state index is -0.147. The number of methoxy groups -OCH3 is 1. The van der Waals surface area contributed by atoms with Crippen LogP contribution in [0.4, 0.5) is 4.39 Å². The van der Waals surface area contributed by atoms with Crippen molar-refractivity contribution in [1.29, 1.82) is 5.26 Å². The van der Waals surface area contributed by atoms with Crippen LogP contribution in [0.25, 0.3) is 0 Å². The Morgan fingerprint density at radius 3 is 0.737 bits per heavy atom. The molecule has 114 heavy (non-hydrogen) atoms. The third kappa shape index (κ3) is 48.5. The molecule has 0 heterocycles. The molecule has 11 aromatic carbocycles. The van der Waals surface area contributed by atoms with Gasteiger partial charge < -0.3 is 9.47 Å². The second kappa shape index (κ2) is 61.9. The van der Waals surface area contributed by atoms with Crippen molar-refractivity contribution in [2.24, 2.45) is 0 Å². The van der Waals surface area contributed by atoms with Gasteiger partial charge in [0.2, 0.25) is 0 Å². The van der Waals surface area contributed by atoms with Crippen LogP contribution in [-0.4, -0.2) is 7.11 Å². The van der Waals surface area contributed by atoms with Gasteiger partial charge >= 0.3 is 0 Å². The zero-order valence-corrected chi connectivity index (χ0v) is 72.1. The van der Waals surface area contributed by atoms with Gasteiger partial charge in [0, 0.05) is 0 Å². The fourth-order valence-electron chi connectivity index (χ4n) is 10.5. The van der Waals surface area contributed by atoms with Crippen LogP contribution in [0, 0.1) is 58.7 Å². The second-order valence-corrected chi connectivity index (χ2v) is 31.4. The molecule has 0 unspecified atom stereocenters. The van der Waals surface area contributed by atoms with Gasteiger partial charge in [0.25, 0.3) is 0 Å². The first-order valence-electron chi connectivity index (χ1n) is 39.7. The van der Waals surface area contributed by atoms with Gasteiger partial charge in [0.1, 0.15) is 23.9 Å². The Balaban J connectivity index is -0.000000590. The Morgan fingerprint density at radius 1 is 0.254 bits per heavy atom. The molecule has 0 aliphatic heterocycles. The van der Waals surface area contributed by atoms with E-state index in [0.29, 0.717) is 65.8 Å². The molecule has 0 saturated heterocycles. The van der Waals surface area contributed by atoms with Gasteiger partial charge in [-0.3, -0.25) is 0 Å². The molecule has 3 nitrogen and oxygen atoms in total. The van der Waals surface area contributed by atoms with E-state index in [9.17, 15) is 4.39 Å². The zero-order valence-electron chi connectivity index (χ0n) is 72.1. The molecule has 0 fully saturated rings. The zero-order chi connectivity index (χ0) is 81.5. The van der Waals surface area contributed by atoms with Gasteiger partial charge in [-0.2, -0.15) is 5.26 Å². The Bertz CT molecular complexity index is 3870. The summed E-state index contributed by atoms with van der Waals surface area (Å²) in [5.74, 6) is 7.71. The summed E-state index contributed by atoms with van der Waals surface area (Å²) >= 11 is 0. The van der Waals surface area contributed by atoms with Crippen molar-refractivity contribution in [1.82, 2.24) is 0 Å². The predicted molar refractivity (Wildman–Crippen MR) is 509 cm³/mol. The van der Waals surface area contributed by atoms with Crippen molar-refractivity contribution in [2.75, 3.05) is 7.11 Å². The maximum Gasteiger partial charge on any atom is 0.123 e. The smallest absolute Gasteiger partial charge is 0.123 e. The first-order valence-corrected chi connectivity index (χ1v) is 39.7. The minimum Gasteiger partial charge on any atom is -0.497 e. The standard InChI is InChI=1S/C16H18O.C10H11N.C10H14O.6C10H14.C9H11F.5CH4/c1-13(2)15-8-10-16(11-9-15)17-12-14-6-4-3-5-7-14;1-8(2)10-5-3-4-9(6-10)7-11;1-8(2)9-4-6-10(11-3)7-5-9;3*1-8(2)10-6-4-9(3)5-7-10;3*1-8(2)10-6-4-5-9(3)7-10;1-7(2)8-4-3-5-9(10)6-8;;;;;/h3-11,13H,12H2,1-2H3;3-6,8H,1-2H3;4-8H,1-3H3;6*4-8H,1-3H3;3-7H,1-2H3;5*1H4. The monoisotopic (exact) mass is 1540 g/mol. The first-order chi connectivity index (χ1) is 51.6. The normalized spacial score (nSPS) is 9.87. The van der Waals surface area contributed by atoms with Crippen LogP contribution in [0.2, 0.25) is 0 Å². The molecule has 0 atom stereocenters. The van der Waals surface area contributed by atoms with Crippen LogP contribution < -0.4 is 9.47 Å². The Hall–Kier alpha value is -9.56. The fourth-order valence-corrected chi connectivity index (χ4v) is 10.5. The van der Waals surface area contributed by atoms with Crippen molar-refractivity contribution >= 4 is 0 Å². The van der Waals surface area contributed by atoms with Crippen LogP contribution >= 0.6 is 0 Å². The summed E-state index contributed by atoms with van der Waals surface area (Å²) in [7, 11) is 1.68. The summed E-state index contributed by atoms with van der Waals surface area (Å²) in [4.78, 5) is 0. The average Bonchev–Trinajstić information content (AvgIpc) is 0.889. The third-order valence-corrected chi connectivity index (χ3v) is 18.1. The van der Waals surface area contributed by atoms with E-state index in [1.807, 2.05) is 72.8 Å². The van der Waals surface area contributed by atoms with Crippen molar-refractivity contribution in [3.8, 4) is 17.6 Å². The van der Waals surface area contributed by atoms with Crippen molar-refractivity contribution < 1.29 is 13.9 Å². The number of rotatable bonds is 14. The van der Waals surface area contributed by atoms with Crippen molar-refractivity contribution in [3.63, 3.8) is 0 Å². The molecule has 11 aromatic rings. The van der Waals surface area contributed by atoms with E-state index in [1.54, 1.807) is 19.2 Å². The van der Waals surface area contributed by atoms with Gasteiger partial charge in [-0.25, -0.2) is 4.39 Å². The van der Waals surface area contributed by atoms with Gasteiger partial charge in [-0.05, 0) is 210 Å². The van der Waals surface area contributed by atoms with E-state index >= 15 is 0 Å². The molecule has 0 amide bonds. The molecule has 0 spiro atoms. The summed E-state index contributed by atoms with van der Waals surface area (Å²) < 4.78 is 23.3. The Kier molecular flexibility index (Phi) is 60.1. The number of nitrogens with zero attached hydrogens (tertiary/aromatic N) is 1. The van der Waals surface area contributed by atoms with Crippen molar-refractivity contribution in [2.45, 2.75) is 283 Å². The van der Waals surface area contributed by atoms with E-state index < -0.39 is 0 Å². The molecule has 4 heteroatoms. The van der Waals surface area contributed by atoms with Crippen LogP contribution in [0.15, 0.2) is 273 Å². The van der Waals surface area contributed by atoms with Gasteiger partial charge in [0.15, 0.2) is 0 Å². The van der Waals surface area contributed by atoms with Crippen molar-refractivity contribution in [3.05, 3.63) is 379 Å². The SMILES string of the molecule is C.C.C.C.C.CC(C)c1ccc(OCc2ccccc2)cc1.CC(C)c1cccc(C#N)c1.CC(C)c1cccc(F)c1.COc1ccc(C(C)C)cc1.Cc1ccc(C(C)C)cc1.Cc1ccc(C(C)C)cc1.Cc1ccc(C(C)C)cc1.Cc1cccc(C(C)C)c1.Cc1cccc(C(C)C)c1.Cc1cccc(C(C)C)c1. The largest absolute Gasteiger partial charge is 0.497 e. The number of aryl methyl sites for hydroxylation is 6. The third-order valence-electron chi connectivity index (χ3n) is 18.1. The summed E-state index contributed by atoms with van der Waals surface area (Å²) in [5.41, 5.74) is 23.5. The number of benzene rings is 11. The van der Waals surface area contributed by atoms with Crippen LogP contribution in [0.5, 0.6) is 11.5 Å². The molecule has 0 aliphatic rings. The first kappa shape index (κ1) is 111. The lowest BCUT2D eigenvalue weighted by atomic mass is 10.0. The van der Waals surface area contributed by atoms with Crippen LogP contribution in [0.3, 0.4) is 0 Å². The lowest BCUT2D eigenvalue weighted by Crippen LogP contribution is -1.95. The van der Waals surface area contributed by atoms with Gasteiger partial charge in [0.05, 0.1) is 18.7 Å². The summed E-state index contributed by atoms with van der Waals surface area (Å²) in [5, 5.41) is 8.59. The molecule has 0 aromatic heterocycles. The maximum absolute atomic E-state index is 12.5. The van der Waals surface area contributed by atoms with E-state index in [-0.39, 0.29) is 43.0 Å². The molecule has 622 valence electrons. The predicted octanol–water partition coefficient (Wildman–Crippen LogP) is 34.7. The average molecular weight is 1550 g/mol. The highest BCUT2D eigenvalue weighted by atomic mass is 19.1. The molecule has 0 N–H and O–H groups in total. The Labute approximate surface area is 701 Å². The molecule has 0 radical (unpaired) electrons. The maximum atomic E-state index is 12.5. The van der Waals surface area contributed by atoms with Crippen LogP contribution in [0.1, 0.15) is 335 Å². The number of ether oxygens (including phenoxy) is 2. The van der Waals surface area contributed by atoms with Gasteiger partial charge in [-0.1, -0.05) is 433 Å². The highest BCUT2D eigenvalue weighted by Gasteiger charge is 2.05. The lowest BCUT2D eigenvalue weighted by molar-refractivity contribution is 0.306. The minimum absolute atomic E-state index is 0. The van der Waals surface area contributed by atoms with Gasteiger partial charge in [-0.15, -0.1) is 0 Å². The van der Waals surface area contributed by atoms with E-state index in [4.69, 9.17) is 14.7 Å². The Morgan fingerprint density at radius 2 is 0.500 bits per heavy atom. The molecule has 0 saturated carbocycles. The van der Waals surface area contributed by atoms with E-state index in [1.165, 1.54) is 95.1 Å². The number of hydrogen-bond acceptors (Lipinski definition) is 3. The lowest BCUT2D eigenvalue weighted by Gasteiger charge is -2.08. The highest BCUT2D eigenvalue weighted by Crippen LogP contribution is 2.24. The van der Waals surface area contributed by atoms with E-state index in [0.717, 1.165) is 22.6 Å². The topological polar surface area (TPSA) is 42.2 Å². The summed E-state index contributed by atoms with van der Waals surface area (Å²) in [6.07, 6.45) is 0. The number of nitriles is 1. The second-order valence-electron chi connectivity index (χ2n) is 31.4. The molecular formula is C110H158FNO2.